The summed E-state index contributed by atoms with van der Waals surface area (Å²) in [5, 5.41) is 9.91. The van der Waals surface area contributed by atoms with Gasteiger partial charge in [-0.15, -0.1) is 0 Å². The van der Waals surface area contributed by atoms with Crippen LogP contribution in [0.1, 0.15) is 22.6 Å². The number of hydrogen-bond donors (Lipinski definition) is 1. The van der Waals surface area contributed by atoms with E-state index in [1.807, 2.05) is 4.90 Å². The molecule has 0 bridgehead atoms. The van der Waals surface area contributed by atoms with Gasteiger partial charge in [0.25, 0.3) is 0 Å². The first kappa shape index (κ1) is 16.0. The average Bonchev–Trinajstić information content (AvgIpc) is 2.50. The Morgan fingerprint density at radius 3 is 2.83 bits per heavy atom. The molecular formula is C15H13ClF3N3O. The van der Waals surface area contributed by atoms with Crippen molar-refractivity contribution in [2.45, 2.75) is 25.7 Å². The van der Waals surface area contributed by atoms with Gasteiger partial charge in [-0.3, -0.25) is 4.90 Å². The predicted molar refractivity (Wildman–Crippen MR) is 78.0 cm³/mol. The van der Waals surface area contributed by atoms with E-state index in [1.54, 1.807) is 12.1 Å². The van der Waals surface area contributed by atoms with Crippen LogP contribution in [0, 0.1) is 0 Å². The van der Waals surface area contributed by atoms with Crippen LogP contribution in [0.15, 0.2) is 24.4 Å². The van der Waals surface area contributed by atoms with Crippen LogP contribution in [-0.2, 0) is 25.7 Å². The largest absolute Gasteiger partial charge is 0.506 e. The van der Waals surface area contributed by atoms with Gasteiger partial charge in [-0.1, -0.05) is 23.7 Å². The number of hydrogen-bond acceptors (Lipinski definition) is 4. The molecule has 0 radical (unpaired) electrons. The quantitative estimate of drug-likeness (QED) is 0.908. The molecule has 0 spiro atoms. The Balaban J connectivity index is 1.77. The molecule has 2 heterocycles. The number of phenols is 1. The number of benzene rings is 1. The van der Waals surface area contributed by atoms with Crippen LogP contribution in [-0.4, -0.2) is 26.5 Å². The number of alkyl halides is 3. The summed E-state index contributed by atoms with van der Waals surface area (Å²) in [7, 11) is 0. The number of halogens is 4. The number of aromatic hydroxyl groups is 1. The third-order valence-corrected chi connectivity index (χ3v) is 4.16. The van der Waals surface area contributed by atoms with E-state index in [2.05, 4.69) is 9.97 Å². The molecule has 8 heteroatoms. The Labute approximate surface area is 135 Å². The molecule has 0 saturated heterocycles. The maximum Gasteiger partial charge on any atom is 0.451 e. The molecule has 0 fully saturated rings. The summed E-state index contributed by atoms with van der Waals surface area (Å²) in [6.07, 6.45) is -2.87. The van der Waals surface area contributed by atoms with Crippen molar-refractivity contribution in [3.63, 3.8) is 0 Å². The molecule has 0 unspecified atom stereocenters. The Morgan fingerprint density at radius 1 is 1.30 bits per heavy atom. The maximum atomic E-state index is 12.6. The molecule has 2 aromatic rings. The first-order valence-corrected chi connectivity index (χ1v) is 7.33. The molecule has 1 aromatic heterocycles. The first-order valence-electron chi connectivity index (χ1n) is 6.95. The number of aromatic nitrogens is 2. The molecule has 122 valence electrons. The Kier molecular flexibility index (Phi) is 4.16. The normalized spacial score (nSPS) is 15.5. The van der Waals surface area contributed by atoms with Crippen LogP contribution in [0.5, 0.6) is 5.75 Å². The average molecular weight is 344 g/mol. The fraction of sp³-hybridized carbons (Fsp3) is 0.333. The second-order valence-corrected chi connectivity index (χ2v) is 5.75. The van der Waals surface area contributed by atoms with Gasteiger partial charge in [-0.25, -0.2) is 9.97 Å². The SMILES string of the molecule is Oc1cccc(CN2CCc3nc(C(F)(F)F)ncc3C2)c1Cl. The number of fused-ring (bicyclic) bond motifs is 1. The van der Waals surface area contributed by atoms with Gasteiger partial charge in [0.05, 0.1) is 10.7 Å². The molecule has 0 atom stereocenters. The summed E-state index contributed by atoms with van der Waals surface area (Å²) in [6.45, 7) is 1.50. The van der Waals surface area contributed by atoms with Gasteiger partial charge in [0.2, 0.25) is 5.82 Å². The maximum absolute atomic E-state index is 12.6. The lowest BCUT2D eigenvalue weighted by Gasteiger charge is -2.28. The third kappa shape index (κ3) is 3.40. The second kappa shape index (κ2) is 5.98. The zero-order chi connectivity index (χ0) is 16.6. The van der Waals surface area contributed by atoms with Crippen LogP contribution in [0.4, 0.5) is 13.2 Å². The minimum Gasteiger partial charge on any atom is -0.506 e. The van der Waals surface area contributed by atoms with E-state index in [0.717, 1.165) is 5.56 Å². The van der Waals surface area contributed by atoms with E-state index >= 15 is 0 Å². The lowest BCUT2D eigenvalue weighted by atomic mass is 10.1. The predicted octanol–water partition coefficient (Wildman–Crippen LogP) is 3.41. The lowest BCUT2D eigenvalue weighted by molar-refractivity contribution is -0.145. The van der Waals surface area contributed by atoms with Crippen LogP contribution in [0.25, 0.3) is 0 Å². The molecule has 0 amide bonds. The summed E-state index contributed by atoms with van der Waals surface area (Å²) in [5.74, 6) is -1.08. The lowest BCUT2D eigenvalue weighted by Crippen LogP contribution is -2.31. The summed E-state index contributed by atoms with van der Waals surface area (Å²) in [4.78, 5) is 9.06. The topological polar surface area (TPSA) is 49.2 Å². The van der Waals surface area contributed by atoms with Crippen molar-refractivity contribution in [2.24, 2.45) is 0 Å². The molecule has 0 aliphatic carbocycles. The van der Waals surface area contributed by atoms with Gasteiger partial charge in [0, 0.05) is 37.8 Å². The zero-order valence-electron chi connectivity index (χ0n) is 11.9. The molecule has 1 aromatic carbocycles. The van der Waals surface area contributed by atoms with Crippen LogP contribution in [0.2, 0.25) is 5.02 Å². The molecule has 1 aliphatic rings. The van der Waals surface area contributed by atoms with Crippen LogP contribution < -0.4 is 0 Å². The highest BCUT2D eigenvalue weighted by molar-refractivity contribution is 6.32. The van der Waals surface area contributed by atoms with Gasteiger partial charge in [-0.2, -0.15) is 13.2 Å². The Hall–Kier alpha value is -1.86. The monoisotopic (exact) mass is 343 g/mol. The highest BCUT2D eigenvalue weighted by Crippen LogP contribution is 2.30. The van der Waals surface area contributed by atoms with Crippen molar-refractivity contribution >= 4 is 11.6 Å². The van der Waals surface area contributed by atoms with E-state index < -0.39 is 12.0 Å². The molecular weight excluding hydrogens is 331 g/mol. The van der Waals surface area contributed by atoms with Gasteiger partial charge < -0.3 is 5.11 Å². The summed E-state index contributed by atoms with van der Waals surface area (Å²) < 4.78 is 37.9. The van der Waals surface area contributed by atoms with E-state index in [9.17, 15) is 18.3 Å². The van der Waals surface area contributed by atoms with Crippen molar-refractivity contribution in [2.75, 3.05) is 6.54 Å². The minimum absolute atomic E-state index is 0.0136. The number of rotatable bonds is 2. The Morgan fingerprint density at radius 2 is 2.09 bits per heavy atom. The molecule has 0 saturated carbocycles. The van der Waals surface area contributed by atoms with E-state index in [-0.39, 0.29) is 5.75 Å². The molecule has 3 rings (SSSR count). The first-order chi connectivity index (χ1) is 10.8. The summed E-state index contributed by atoms with van der Waals surface area (Å²) >= 11 is 6.06. The summed E-state index contributed by atoms with van der Waals surface area (Å²) in [5.41, 5.74) is 1.88. The van der Waals surface area contributed by atoms with Crippen LogP contribution in [0.3, 0.4) is 0 Å². The fourth-order valence-corrected chi connectivity index (χ4v) is 2.76. The molecule has 1 aliphatic heterocycles. The molecule has 4 nitrogen and oxygen atoms in total. The highest BCUT2D eigenvalue weighted by Gasteiger charge is 2.35. The van der Waals surface area contributed by atoms with Gasteiger partial charge in [0.15, 0.2) is 0 Å². The van der Waals surface area contributed by atoms with Crippen molar-refractivity contribution < 1.29 is 18.3 Å². The van der Waals surface area contributed by atoms with Crippen molar-refractivity contribution in [3.8, 4) is 5.75 Å². The zero-order valence-corrected chi connectivity index (χ0v) is 12.7. The smallest absolute Gasteiger partial charge is 0.451 e. The van der Waals surface area contributed by atoms with E-state index in [1.165, 1.54) is 12.3 Å². The van der Waals surface area contributed by atoms with Gasteiger partial charge >= 0.3 is 6.18 Å². The Bertz CT molecular complexity index is 736. The second-order valence-electron chi connectivity index (χ2n) is 5.37. The van der Waals surface area contributed by atoms with Gasteiger partial charge in [0.1, 0.15) is 5.75 Å². The van der Waals surface area contributed by atoms with E-state index in [4.69, 9.17) is 11.6 Å². The standard InChI is InChI=1S/C15H13ClF3N3O/c16-13-9(2-1-3-12(13)23)7-22-5-4-11-10(8-22)6-20-14(21-11)15(17,18)19/h1-3,6,23H,4-5,7-8H2. The minimum atomic E-state index is -4.53. The van der Waals surface area contributed by atoms with Crippen molar-refractivity contribution in [1.29, 1.82) is 0 Å². The van der Waals surface area contributed by atoms with Crippen molar-refractivity contribution in [3.05, 3.63) is 52.1 Å². The molecule has 1 N–H and O–H groups in total. The fourth-order valence-electron chi connectivity index (χ4n) is 2.58. The number of nitrogens with zero attached hydrogens (tertiary/aromatic N) is 3. The highest BCUT2D eigenvalue weighted by atomic mass is 35.5. The molecule has 23 heavy (non-hydrogen) atoms. The van der Waals surface area contributed by atoms with Crippen LogP contribution >= 0.6 is 11.6 Å². The van der Waals surface area contributed by atoms with E-state index in [0.29, 0.717) is 42.3 Å². The van der Waals surface area contributed by atoms with Crippen molar-refractivity contribution in [1.82, 2.24) is 14.9 Å². The summed E-state index contributed by atoms with van der Waals surface area (Å²) in [6, 6.07) is 5.01. The number of phenolic OH excluding ortho intramolecular Hbond substituents is 1. The van der Waals surface area contributed by atoms with Gasteiger partial charge in [-0.05, 0) is 11.6 Å². The third-order valence-electron chi connectivity index (χ3n) is 3.72.